The molecular weight excluding hydrogens is 763 g/mol. The Bertz CT molecular complexity index is 1340. The number of rotatable bonds is 14. The molecule has 0 saturated heterocycles. The number of thioether (sulfide) groups is 2. The van der Waals surface area contributed by atoms with Gasteiger partial charge in [0, 0.05) is 37.5 Å². The van der Waals surface area contributed by atoms with Gasteiger partial charge in [-0.05, 0) is 79.7 Å². The Balaban J connectivity index is -0.000000409. The van der Waals surface area contributed by atoms with Crippen molar-refractivity contribution in [2.45, 2.75) is 85.6 Å². The fourth-order valence-corrected chi connectivity index (χ4v) is 3.91. The molecule has 0 radical (unpaired) electrons. The number of carboxylic acid groups (broad SMARTS) is 1. The van der Waals surface area contributed by atoms with Gasteiger partial charge in [0.2, 0.25) is 5.91 Å². The number of carbonyl (C=O) groups excluding carboxylic acids is 7. The van der Waals surface area contributed by atoms with Crippen molar-refractivity contribution in [3.63, 3.8) is 0 Å². The van der Waals surface area contributed by atoms with E-state index >= 15 is 0 Å². The Kier molecular flexibility index (Phi) is 32.2. The van der Waals surface area contributed by atoms with Crippen LogP contribution < -0.4 is 26.6 Å². The number of nitrogens with one attached hydrogen (secondary N) is 5. The zero-order chi connectivity index (χ0) is 44.5. The summed E-state index contributed by atoms with van der Waals surface area (Å²) in [5.41, 5.74) is -1.47. The van der Waals surface area contributed by atoms with Gasteiger partial charge < -0.3 is 50.6 Å². The van der Waals surface area contributed by atoms with E-state index < -0.39 is 59.3 Å². The largest absolute Gasteiger partial charge is 0.479 e. The number of hydrogen-bond acceptors (Lipinski definition) is 14. The highest BCUT2D eigenvalue weighted by molar-refractivity contribution is 8.13. The molecule has 0 bridgehead atoms. The van der Waals surface area contributed by atoms with Gasteiger partial charge in [-0.3, -0.25) is 14.4 Å². The summed E-state index contributed by atoms with van der Waals surface area (Å²) in [6.45, 7) is 17.2. The minimum Gasteiger partial charge on any atom is -0.479 e. The van der Waals surface area contributed by atoms with E-state index in [1.165, 1.54) is 31.3 Å². The maximum absolute atomic E-state index is 12.4. The van der Waals surface area contributed by atoms with Crippen molar-refractivity contribution >= 4 is 70.0 Å². The number of methoxy groups -OCH3 is 2. The fraction of sp³-hybridized carbons (Fsp3) is 0.600. The average Bonchev–Trinajstić information content (AvgIpc) is 3.08. The van der Waals surface area contributed by atoms with Gasteiger partial charge in [0.05, 0.1) is 14.2 Å². The molecule has 5 amide bonds. The predicted octanol–water partition coefficient (Wildman–Crippen LogP) is 3.85. The van der Waals surface area contributed by atoms with Gasteiger partial charge in [-0.1, -0.05) is 30.4 Å². The van der Waals surface area contributed by atoms with Gasteiger partial charge in [-0.25, -0.2) is 24.0 Å². The van der Waals surface area contributed by atoms with Crippen molar-refractivity contribution in [1.29, 1.82) is 0 Å². The molecule has 0 aliphatic carbocycles. The minimum absolute atomic E-state index is 0.0170. The van der Waals surface area contributed by atoms with Gasteiger partial charge in [0.1, 0.15) is 24.7 Å². The summed E-state index contributed by atoms with van der Waals surface area (Å²) in [4.78, 5) is 90.4. The van der Waals surface area contributed by atoms with Crippen LogP contribution in [0.4, 0.5) is 19.2 Å². The molecule has 20 heteroatoms. The predicted molar refractivity (Wildman–Crippen MR) is 212 cm³/mol. The summed E-state index contributed by atoms with van der Waals surface area (Å²) >= 11 is 2.34. The Morgan fingerprint density at radius 3 is 1.51 bits per heavy atom. The lowest BCUT2D eigenvalue weighted by molar-refractivity contribution is -0.138. The van der Waals surface area contributed by atoms with Crippen LogP contribution in [0.1, 0.15) is 63.7 Å². The van der Waals surface area contributed by atoms with Crippen LogP contribution in [-0.2, 0) is 38.1 Å². The van der Waals surface area contributed by atoms with Crippen molar-refractivity contribution in [1.82, 2.24) is 26.6 Å². The van der Waals surface area contributed by atoms with E-state index in [9.17, 15) is 38.4 Å². The van der Waals surface area contributed by atoms with E-state index in [-0.39, 0.29) is 16.4 Å². The first-order valence-electron chi connectivity index (χ1n) is 17.0. The standard InChI is InChI=1S/C18H31N3O6S.C11H17NO6.C4H9NOS.C2H2/c1-7-19-17(25)28-11-12(2)10-20-15(23)13(8-9-14(22)26-6)21-16(24)27-18(3,4)5;1-11(2,3)18-10(16)12-7(9(14)15)5-6-8(13)17-4;1-3-5-4(6)7-2;1-2/h8-9,12-13H,7,10-11H2,1-6H3,(H,19,25)(H,20,23)(H,21,24);5-7H,1-4H3,(H,12,16)(H,14,15);3H2,1-2H3,(H,5,6);1-2H/b9-8+;6-5+;;/i;;;1D. The normalized spacial score (nSPS) is 12.2. The van der Waals surface area contributed by atoms with E-state index in [2.05, 4.69) is 42.5 Å². The fourth-order valence-electron chi connectivity index (χ4n) is 2.82. The zero-order valence-electron chi connectivity index (χ0n) is 34.6. The van der Waals surface area contributed by atoms with Crippen LogP contribution in [0.25, 0.3) is 0 Å². The molecule has 6 N–H and O–H groups in total. The first-order chi connectivity index (χ1) is 25.9. The second-order valence-electron chi connectivity index (χ2n) is 12.4. The monoisotopic (exact) mass is 822 g/mol. The highest BCUT2D eigenvalue weighted by atomic mass is 32.2. The molecule has 0 spiro atoms. The molecule has 0 aliphatic heterocycles. The van der Waals surface area contributed by atoms with Crippen LogP contribution in [0.15, 0.2) is 24.3 Å². The first kappa shape index (κ1) is 54.4. The molecule has 0 saturated carbocycles. The number of carbonyl (C=O) groups is 8. The molecule has 0 aromatic heterocycles. The van der Waals surface area contributed by atoms with Gasteiger partial charge in [-0.15, -0.1) is 12.8 Å². The Morgan fingerprint density at radius 1 is 0.764 bits per heavy atom. The van der Waals surface area contributed by atoms with E-state index in [0.29, 0.717) is 18.8 Å². The smallest absolute Gasteiger partial charge is 0.408 e. The van der Waals surface area contributed by atoms with E-state index in [4.69, 9.17) is 16.0 Å². The lowest BCUT2D eigenvalue weighted by Crippen LogP contribution is -2.48. The third-order valence-electron chi connectivity index (χ3n) is 5.10. The molecule has 55 heavy (non-hydrogen) atoms. The van der Waals surface area contributed by atoms with Crippen LogP contribution in [0.5, 0.6) is 0 Å². The Labute approximate surface area is 334 Å². The summed E-state index contributed by atoms with van der Waals surface area (Å²) in [6.07, 6.45) is 10.0. The number of terminal acetylenes is 1. The van der Waals surface area contributed by atoms with E-state index in [1.54, 1.807) is 47.8 Å². The molecule has 3 unspecified atom stereocenters. The van der Waals surface area contributed by atoms with Crippen molar-refractivity contribution in [2.75, 3.05) is 45.9 Å². The van der Waals surface area contributed by atoms with Gasteiger partial charge in [0.15, 0.2) is 0 Å². The quantitative estimate of drug-likeness (QED) is 0.0630. The number of carboxylic acids is 1. The summed E-state index contributed by atoms with van der Waals surface area (Å²) < 4.78 is 24.6. The topological polar surface area (TPSA) is 254 Å². The van der Waals surface area contributed by atoms with Gasteiger partial charge in [-0.2, -0.15) is 0 Å². The molecule has 0 rings (SSSR count). The first-order valence-corrected chi connectivity index (χ1v) is 18.7. The number of esters is 2. The number of alkyl carbamates (subject to hydrolysis) is 2. The zero-order valence-corrected chi connectivity index (χ0v) is 35.2. The summed E-state index contributed by atoms with van der Waals surface area (Å²) in [6, 6.07) is -2.48. The van der Waals surface area contributed by atoms with E-state index in [0.717, 1.165) is 43.6 Å². The van der Waals surface area contributed by atoms with Crippen molar-refractivity contribution in [2.24, 2.45) is 5.92 Å². The molecule has 0 aliphatic rings. The van der Waals surface area contributed by atoms with Crippen molar-refractivity contribution in [3.05, 3.63) is 24.3 Å². The molecule has 0 aromatic rings. The third kappa shape index (κ3) is 38.6. The summed E-state index contributed by atoms with van der Waals surface area (Å²) in [5.74, 6) is -2.66. The Morgan fingerprint density at radius 2 is 1.16 bits per heavy atom. The molecule has 0 heterocycles. The average molecular weight is 823 g/mol. The maximum Gasteiger partial charge on any atom is 0.408 e. The molecule has 0 fully saturated rings. The van der Waals surface area contributed by atoms with Crippen LogP contribution in [0.3, 0.4) is 0 Å². The van der Waals surface area contributed by atoms with Crippen molar-refractivity contribution < 1.29 is 63.8 Å². The van der Waals surface area contributed by atoms with Gasteiger partial charge >= 0.3 is 30.1 Å². The van der Waals surface area contributed by atoms with Gasteiger partial charge in [0.25, 0.3) is 10.5 Å². The number of hydrogen-bond donors (Lipinski definition) is 6. The molecule has 314 valence electrons. The third-order valence-corrected chi connectivity index (χ3v) is 6.75. The van der Waals surface area contributed by atoms with Crippen LogP contribution in [0, 0.1) is 18.7 Å². The molecule has 3 atom stereocenters. The molecule has 18 nitrogen and oxygen atoms in total. The second kappa shape index (κ2) is 32.5. The highest BCUT2D eigenvalue weighted by Crippen LogP contribution is 2.10. The van der Waals surface area contributed by atoms with E-state index in [1.807, 2.05) is 20.8 Å². The summed E-state index contributed by atoms with van der Waals surface area (Å²) in [7, 11) is 2.36. The SMILES string of the molecule is CCNC(=O)SC.CCNC(=O)SCC(C)CNC(=O)C(/C=C/C(=O)OC)NC(=O)OC(C)(C)C.COC(=O)/C=C/C(NC(=O)OC(C)(C)C)C(=O)O.[2H]C#C. The number of aliphatic carboxylic acids is 1. The van der Waals surface area contributed by atoms with Crippen LogP contribution in [0.2, 0.25) is 0 Å². The number of amides is 5. The van der Waals surface area contributed by atoms with Crippen LogP contribution >= 0.6 is 23.5 Å². The molecule has 0 aromatic carbocycles. The molecular formula is C35H59N5O13S2. The minimum atomic E-state index is -1.36. The second-order valence-corrected chi connectivity index (χ2v) is 14.1. The van der Waals surface area contributed by atoms with Crippen LogP contribution in [-0.4, -0.2) is 121 Å². The highest BCUT2D eigenvalue weighted by Gasteiger charge is 2.24. The Hall–Kier alpha value is -4.90. The lowest BCUT2D eigenvalue weighted by atomic mass is 10.2. The lowest BCUT2D eigenvalue weighted by Gasteiger charge is -2.22. The number of ether oxygens (including phenoxy) is 4. The van der Waals surface area contributed by atoms with Crippen molar-refractivity contribution in [3.8, 4) is 12.8 Å². The summed E-state index contributed by atoms with van der Waals surface area (Å²) in [5, 5.41) is 21.2. The maximum atomic E-state index is 12.4.